The maximum atomic E-state index is 14.2. The number of aryl methyl sites for hydroxylation is 1. The van der Waals surface area contributed by atoms with E-state index in [1.165, 1.54) is 4.90 Å². The summed E-state index contributed by atoms with van der Waals surface area (Å²) in [6, 6.07) is 23.4. The van der Waals surface area contributed by atoms with Gasteiger partial charge in [-0.25, -0.2) is 9.98 Å². The third kappa shape index (κ3) is 9.03. The Kier molecular flexibility index (Phi) is 11.9. The van der Waals surface area contributed by atoms with E-state index in [1.807, 2.05) is 101 Å². The number of phenolic OH excluding ortho intramolecular Hbond substituents is 1. The van der Waals surface area contributed by atoms with Crippen molar-refractivity contribution in [1.82, 2.24) is 25.4 Å². The van der Waals surface area contributed by atoms with E-state index in [0.717, 1.165) is 32.9 Å². The van der Waals surface area contributed by atoms with E-state index >= 15 is 0 Å². The fraction of sp³-hybridized carbons (Fsp3) is 0.356. The average Bonchev–Trinajstić information content (AvgIpc) is 3.85. The van der Waals surface area contributed by atoms with E-state index in [4.69, 9.17) is 5.73 Å². The summed E-state index contributed by atoms with van der Waals surface area (Å²) >= 11 is 1.58. The highest BCUT2D eigenvalue weighted by molar-refractivity contribution is 7.13. The van der Waals surface area contributed by atoms with Crippen LogP contribution in [0.25, 0.3) is 32.8 Å². The number of carbonyl (C=O) groups excluding carboxylic acids is 3. The van der Waals surface area contributed by atoms with Crippen molar-refractivity contribution in [3.8, 4) is 38.6 Å². The van der Waals surface area contributed by atoms with Gasteiger partial charge in [0, 0.05) is 54.2 Å². The van der Waals surface area contributed by atoms with Gasteiger partial charge in [-0.1, -0.05) is 69.3 Å². The van der Waals surface area contributed by atoms with Gasteiger partial charge < -0.3 is 31.1 Å². The zero-order chi connectivity index (χ0) is 42.0. The lowest BCUT2D eigenvalue weighted by atomic mass is 9.88. The Morgan fingerprint density at radius 3 is 2.27 bits per heavy atom. The Morgan fingerprint density at radius 2 is 1.63 bits per heavy atom. The Labute approximate surface area is 348 Å². The molecular formula is C45H50N8O5S. The minimum absolute atomic E-state index is 0.0310. The summed E-state index contributed by atoms with van der Waals surface area (Å²) in [7, 11) is 0. The lowest BCUT2D eigenvalue weighted by Gasteiger charge is -2.33. The molecule has 5 aromatic rings. The van der Waals surface area contributed by atoms with E-state index in [0.29, 0.717) is 42.8 Å². The van der Waals surface area contributed by atoms with E-state index in [-0.39, 0.29) is 54.0 Å². The molecule has 0 spiro atoms. The van der Waals surface area contributed by atoms with Gasteiger partial charge in [-0.05, 0) is 73.7 Å². The van der Waals surface area contributed by atoms with Crippen molar-refractivity contribution >= 4 is 46.3 Å². The highest BCUT2D eigenvalue weighted by Gasteiger charge is 2.43. The van der Waals surface area contributed by atoms with Crippen LogP contribution in [-0.2, 0) is 14.4 Å². The maximum Gasteiger partial charge on any atom is 0.269 e. The van der Waals surface area contributed by atoms with Gasteiger partial charge in [-0.2, -0.15) is 0 Å². The minimum atomic E-state index is -0.915. The SMILES string of the molecule is Cc1ncsc1-c1ccc([C@H](C)NC(=O)[C@@H]2C[C@@H](O)CN2C(=O)C(=NC(=O)C2CCN(c3ccc(-c4cc(-c5ccccc5O)nnc4N)cc3)CC2)C(C)(C)C)cc1. The number of hydrogen-bond donors (Lipinski definition) is 4. The fourth-order valence-electron chi connectivity index (χ4n) is 7.75. The molecule has 5 N–H and O–H groups in total. The summed E-state index contributed by atoms with van der Waals surface area (Å²) in [5.41, 5.74) is 13.8. The van der Waals surface area contributed by atoms with Crippen molar-refractivity contribution in [1.29, 1.82) is 0 Å². The van der Waals surface area contributed by atoms with Gasteiger partial charge in [0.05, 0.1) is 33.9 Å². The second-order valence-electron chi connectivity index (χ2n) is 16.4. The van der Waals surface area contributed by atoms with Crippen molar-refractivity contribution in [3.05, 3.63) is 95.6 Å². The monoisotopic (exact) mass is 814 g/mol. The van der Waals surface area contributed by atoms with Crippen LogP contribution in [0.4, 0.5) is 11.5 Å². The molecule has 0 bridgehead atoms. The molecule has 0 saturated carbocycles. The van der Waals surface area contributed by atoms with Crippen molar-refractivity contribution < 1.29 is 24.6 Å². The first-order valence-corrected chi connectivity index (χ1v) is 20.8. The molecular weight excluding hydrogens is 765 g/mol. The molecule has 2 aromatic heterocycles. The lowest BCUT2D eigenvalue weighted by molar-refractivity contribution is -0.134. The highest BCUT2D eigenvalue weighted by Crippen LogP contribution is 2.34. The van der Waals surface area contributed by atoms with Crippen LogP contribution in [0.1, 0.15) is 64.3 Å². The molecule has 2 aliphatic heterocycles. The summed E-state index contributed by atoms with van der Waals surface area (Å²) < 4.78 is 0. The number of carbonyl (C=O) groups is 3. The summed E-state index contributed by atoms with van der Waals surface area (Å²) in [4.78, 5) is 55.2. The van der Waals surface area contributed by atoms with Gasteiger partial charge in [0.25, 0.3) is 5.91 Å². The predicted molar refractivity (Wildman–Crippen MR) is 231 cm³/mol. The molecule has 59 heavy (non-hydrogen) atoms. The van der Waals surface area contributed by atoms with Crippen LogP contribution in [0.15, 0.2) is 89.4 Å². The number of β-amino-alcohol motifs (C(OH)–C–C–N with tert-alkyl or cyclic N) is 1. The van der Waals surface area contributed by atoms with Crippen LogP contribution in [0.2, 0.25) is 0 Å². The molecule has 0 unspecified atom stereocenters. The molecule has 0 aliphatic carbocycles. The first-order valence-electron chi connectivity index (χ1n) is 19.9. The quantitative estimate of drug-likeness (QED) is 0.118. The highest BCUT2D eigenvalue weighted by atomic mass is 32.1. The minimum Gasteiger partial charge on any atom is -0.507 e. The first-order chi connectivity index (χ1) is 28.2. The average molecular weight is 815 g/mol. The lowest BCUT2D eigenvalue weighted by Crippen LogP contribution is -2.50. The molecule has 2 aliphatic rings. The van der Waals surface area contributed by atoms with Gasteiger partial charge in [-0.15, -0.1) is 21.5 Å². The number of nitrogens with one attached hydrogen (secondary N) is 1. The van der Waals surface area contributed by atoms with E-state index in [1.54, 1.807) is 29.5 Å². The molecule has 0 radical (unpaired) electrons. The standard InChI is InChI=1S/C45H50N8O5S/c1-26(28-10-12-30(13-11-28)39-27(2)47-25-59-39)48-43(57)37-22-33(54)24-53(37)44(58)40(45(3,4)5)49-42(56)31-18-20-52(21-19-31)32-16-14-29(15-17-32)35-23-36(50-51-41(35)46)34-8-6-7-9-38(34)55/h6-17,23,25-26,31,33,37,54-55H,18-22,24H2,1-5H3,(H2,46,51)(H,48,57)/t26-,33+,37-/m0/s1. The molecule has 306 valence electrons. The molecule has 2 fully saturated rings. The number of piperidine rings is 1. The maximum absolute atomic E-state index is 14.2. The van der Waals surface area contributed by atoms with Gasteiger partial charge >= 0.3 is 0 Å². The molecule has 3 aromatic carbocycles. The van der Waals surface area contributed by atoms with Gasteiger partial charge in [0.2, 0.25) is 11.8 Å². The van der Waals surface area contributed by atoms with Gasteiger partial charge in [0.1, 0.15) is 17.5 Å². The smallest absolute Gasteiger partial charge is 0.269 e. The molecule has 3 atom stereocenters. The Balaban J connectivity index is 0.987. The number of anilines is 2. The third-order valence-corrected chi connectivity index (χ3v) is 12.1. The van der Waals surface area contributed by atoms with Crippen LogP contribution >= 0.6 is 11.3 Å². The Hall–Kier alpha value is -5.99. The number of amides is 3. The number of thiazole rings is 1. The topological polar surface area (TPSA) is 187 Å². The van der Waals surface area contributed by atoms with Crippen LogP contribution in [0.3, 0.4) is 0 Å². The second kappa shape index (κ2) is 17.1. The van der Waals surface area contributed by atoms with Crippen LogP contribution < -0.4 is 16.0 Å². The Morgan fingerprint density at radius 1 is 0.949 bits per heavy atom. The van der Waals surface area contributed by atoms with Gasteiger partial charge in [0.15, 0.2) is 5.82 Å². The number of rotatable bonds is 9. The van der Waals surface area contributed by atoms with Crippen LogP contribution in [0.5, 0.6) is 5.75 Å². The van der Waals surface area contributed by atoms with Gasteiger partial charge in [-0.3, -0.25) is 14.4 Å². The molecule has 4 heterocycles. The normalized spacial score (nSPS) is 18.2. The number of nitrogen functional groups attached to an aromatic ring is 1. The van der Waals surface area contributed by atoms with Crippen molar-refractivity contribution in [3.63, 3.8) is 0 Å². The van der Waals surface area contributed by atoms with Crippen LogP contribution in [0, 0.1) is 18.3 Å². The number of aromatic hydroxyl groups is 1. The Bertz CT molecular complexity index is 2360. The van der Waals surface area contributed by atoms with Crippen LogP contribution in [-0.4, -0.2) is 85.5 Å². The molecule has 13 nitrogen and oxygen atoms in total. The number of aliphatic hydroxyl groups excluding tert-OH is 1. The van der Waals surface area contributed by atoms with E-state index in [9.17, 15) is 24.6 Å². The number of phenols is 1. The van der Waals surface area contributed by atoms with Crippen molar-refractivity contribution in [2.45, 2.75) is 72.1 Å². The molecule has 2 saturated heterocycles. The number of aliphatic imine (C=N–C) groups is 1. The number of hydrogen-bond acceptors (Lipinski definition) is 11. The summed E-state index contributed by atoms with van der Waals surface area (Å²) in [5.74, 6) is -1.24. The number of aliphatic hydroxyl groups is 1. The molecule has 3 amide bonds. The second-order valence-corrected chi connectivity index (χ2v) is 17.2. The number of likely N-dealkylation sites (tertiary alicyclic amines) is 1. The van der Waals surface area contributed by atoms with E-state index < -0.39 is 23.5 Å². The number of para-hydroxylation sites is 1. The number of aromatic nitrogens is 3. The zero-order valence-electron chi connectivity index (χ0n) is 33.9. The van der Waals surface area contributed by atoms with Crippen molar-refractivity contribution in [2.24, 2.45) is 16.3 Å². The number of nitrogens with two attached hydrogens (primary N) is 1. The molecule has 14 heteroatoms. The predicted octanol–water partition coefficient (Wildman–Crippen LogP) is 6.60. The third-order valence-electron chi connectivity index (χ3n) is 11.1. The first kappa shape index (κ1) is 41.2. The molecule has 7 rings (SSSR count). The van der Waals surface area contributed by atoms with Crippen molar-refractivity contribution in [2.75, 3.05) is 30.3 Å². The number of benzene rings is 3. The summed E-state index contributed by atoms with van der Waals surface area (Å²) in [6.45, 7) is 10.5. The summed E-state index contributed by atoms with van der Waals surface area (Å²) in [5, 5.41) is 32.4. The number of nitrogens with zero attached hydrogens (tertiary/aromatic N) is 6. The van der Waals surface area contributed by atoms with E-state index in [2.05, 4.69) is 30.4 Å². The zero-order valence-corrected chi connectivity index (χ0v) is 34.7. The summed E-state index contributed by atoms with van der Waals surface area (Å²) in [6.07, 6.45) is 0.306. The fourth-order valence-corrected chi connectivity index (χ4v) is 8.56. The largest absolute Gasteiger partial charge is 0.507 e.